The molecular formula is C10H12ClNO2. The van der Waals surface area contributed by atoms with E-state index in [0.717, 1.165) is 23.4 Å². The van der Waals surface area contributed by atoms with Gasteiger partial charge in [0.1, 0.15) is 5.75 Å². The van der Waals surface area contributed by atoms with Crippen LogP contribution >= 0.6 is 12.4 Å². The number of benzene rings is 1. The Labute approximate surface area is 88.9 Å². The first-order valence-electron chi connectivity index (χ1n) is 4.22. The Bertz CT molecular complexity index is 352. The van der Waals surface area contributed by atoms with E-state index in [-0.39, 0.29) is 18.2 Å². The molecule has 0 amide bonds. The van der Waals surface area contributed by atoms with Gasteiger partial charge in [-0.15, -0.1) is 12.4 Å². The molecule has 4 heteroatoms. The topological polar surface area (TPSA) is 38.3 Å². The molecule has 0 radical (unpaired) electrons. The molecule has 76 valence electrons. The number of rotatable bonds is 1. The molecule has 0 fully saturated rings. The van der Waals surface area contributed by atoms with Gasteiger partial charge in [-0.25, -0.2) is 0 Å². The number of ketones is 1. The van der Waals surface area contributed by atoms with Gasteiger partial charge >= 0.3 is 0 Å². The second-order valence-electron chi connectivity index (χ2n) is 3.05. The van der Waals surface area contributed by atoms with Crippen molar-refractivity contribution in [3.8, 4) is 5.75 Å². The van der Waals surface area contributed by atoms with Gasteiger partial charge in [-0.05, 0) is 23.8 Å². The van der Waals surface area contributed by atoms with Gasteiger partial charge in [-0.3, -0.25) is 4.79 Å². The monoisotopic (exact) mass is 213 g/mol. The summed E-state index contributed by atoms with van der Waals surface area (Å²) < 4.78 is 5.08. The summed E-state index contributed by atoms with van der Waals surface area (Å²) in [6, 6.07) is 5.55. The summed E-state index contributed by atoms with van der Waals surface area (Å²) in [5.41, 5.74) is 1.84. The van der Waals surface area contributed by atoms with E-state index in [2.05, 4.69) is 5.32 Å². The molecule has 0 saturated heterocycles. The molecule has 3 nitrogen and oxygen atoms in total. The molecule has 1 aromatic rings. The number of fused-ring (bicyclic) bond motifs is 1. The van der Waals surface area contributed by atoms with Crippen LogP contribution < -0.4 is 10.1 Å². The Hall–Kier alpha value is -1.06. The van der Waals surface area contributed by atoms with E-state index in [1.165, 1.54) is 0 Å². The zero-order valence-corrected chi connectivity index (χ0v) is 8.69. The van der Waals surface area contributed by atoms with E-state index in [0.29, 0.717) is 6.54 Å². The van der Waals surface area contributed by atoms with Gasteiger partial charge in [0.2, 0.25) is 0 Å². The van der Waals surface area contributed by atoms with Crippen LogP contribution in [0.25, 0.3) is 0 Å². The fraction of sp³-hybridized carbons (Fsp3) is 0.300. The van der Waals surface area contributed by atoms with Crippen molar-refractivity contribution < 1.29 is 9.53 Å². The fourth-order valence-electron chi connectivity index (χ4n) is 1.52. The van der Waals surface area contributed by atoms with Gasteiger partial charge in [-0.1, -0.05) is 0 Å². The number of hydrogen-bond donors (Lipinski definition) is 1. The third-order valence-corrected chi connectivity index (χ3v) is 2.21. The number of carbonyl (C=O) groups excluding carboxylic acids is 1. The summed E-state index contributed by atoms with van der Waals surface area (Å²) in [4.78, 5) is 11.4. The third-order valence-electron chi connectivity index (χ3n) is 2.21. The molecule has 0 aromatic heterocycles. The molecule has 0 atom stereocenters. The standard InChI is InChI=1S/C10H11NO2.ClH/c1-13-8-2-3-9-7(4-8)5-11-6-10(9)12;/h2-4,11H,5-6H2,1H3;1H. The summed E-state index contributed by atoms with van der Waals surface area (Å²) in [7, 11) is 1.62. The van der Waals surface area contributed by atoms with Crippen molar-refractivity contribution in [3.63, 3.8) is 0 Å². The van der Waals surface area contributed by atoms with Crippen LogP contribution in [0.5, 0.6) is 5.75 Å². The maximum absolute atomic E-state index is 11.4. The van der Waals surface area contributed by atoms with Crippen LogP contribution in [0.4, 0.5) is 0 Å². The molecule has 0 saturated carbocycles. The van der Waals surface area contributed by atoms with Crippen LogP contribution in [0, 0.1) is 0 Å². The molecule has 1 aliphatic rings. The smallest absolute Gasteiger partial charge is 0.176 e. The van der Waals surface area contributed by atoms with E-state index in [1.54, 1.807) is 7.11 Å². The fourth-order valence-corrected chi connectivity index (χ4v) is 1.52. The zero-order valence-electron chi connectivity index (χ0n) is 7.87. The Balaban J connectivity index is 0.000000980. The van der Waals surface area contributed by atoms with Crippen molar-refractivity contribution in [2.45, 2.75) is 6.54 Å². The van der Waals surface area contributed by atoms with Gasteiger partial charge in [0.15, 0.2) is 5.78 Å². The minimum absolute atomic E-state index is 0. The van der Waals surface area contributed by atoms with E-state index in [9.17, 15) is 4.79 Å². The summed E-state index contributed by atoms with van der Waals surface area (Å²) in [5.74, 6) is 0.958. The quantitative estimate of drug-likeness (QED) is 0.767. The molecule has 0 aliphatic carbocycles. The minimum Gasteiger partial charge on any atom is -0.497 e. The highest BCUT2D eigenvalue weighted by Gasteiger charge is 2.16. The first kappa shape index (κ1) is 11.0. The van der Waals surface area contributed by atoms with Crippen LogP contribution in [-0.4, -0.2) is 19.4 Å². The van der Waals surface area contributed by atoms with Gasteiger partial charge in [0.25, 0.3) is 0 Å². The lowest BCUT2D eigenvalue weighted by molar-refractivity contribution is 0.0982. The second kappa shape index (κ2) is 4.44. The van der Waals surface area contributed by atoms with Crippen molar-refractivity contribution in [2.24, 2.45) is 0 Å². The second-order valence-corrected chi connectivity index (χ2v) is 3.05. The number of halogens is 1. The summed E-state index contributed by atoms with van der Waals surface area (Å²) in [5, 5.41) is 3.04. The largest absolute Gasteiger partial charge is 0.497 e. The van der Waals surface area contributed by atoms with Crippen molar-refractivity contribution in [1.29, 1.82) is 0 Å². The highest BCUT2D eigenvalue weighted by Crippen LogP contribution is 2.19. The summed E-state index contributed by atoms with van der Waals surface area (Å²) >= 11 is 0. The molecule has 1 aliphatic heterocycles. The number of methoxy groups -OCH3 is 1. The van der Waals surface area contributed by atoms with Gasteiger partial charge in [0, 0.05) is 12.1 Å². The predicted octanol–water partition coefficient (Wildman–Crippen LogP) is 1.40. The van der Waals surface area contributed by atoms with Crippen LogP contribution in [0.3, 0.4) is 0 Å². The highest BCUT2D eigenvalue weighted by atomic mass is 35.5. The van der Waals surface area contributed by atoms with Crippen LogP contribution in [0.2, 0.25) is 0 Å². The van der Waals surface area contributed by atoms with Crippen molar-refractivity contribution in [2.75, 3.05) is 13.7 Å². The van der Waals surface area contributed by atoms with E-state index in [1.807, 2.05) is 18.2 Å². The van der Waals surface area contributed by atoms with E-state index < -0.39 is 0 Å². The van der Waals surface area contributed by atoms with E-state index >= 15 is 0 Å². The maximum Gasteiger partial charge on any atom is 0.176 e. The number of nitrogens with one attached hydrogen (secondary N) is 1. The molecule has 1 heterocycles. The van der Waals surface area contributed by atoms with Gasteiger partial charge < -0.3 is 10.1 Å². The normalized spacial score (nSPS) is 14.2. The molecular weight excluding hydrogens is 202 g/mol. The maximum atomic E-state index is 11.4. The van der Waals surface area contributed by atoms with Gasteiger partial charge in [0.05, 0.1) is 13.7 Å². The zero-order chi connectivity index (χ0) is 9.26. The van der Waals surface area contributed by atoms with Crippen LogP contribution in [0.15, 0.2) is 18.2 Å². The molecule has 14 heavy (non-hydrogen) atoms. The van der Waals surface area contributed by atoms with Crippen LogP contribution in [-0.2, 0) is 6.54 Å². The number of hydrogen-bond acceptors (Lipinski definition) is 3. The highest BCUT2D eigenvalue weighted by molar-refractivity contribution is 6.00. The third kappa shape index (κ3) is 1.89. The van der Waals surface area contributed by atoms with Crippen molar-refractivity contribution in [3.05, 3.63) is 29.3 Å². The lowest BCUT2D eigenvalue weighted by Crippen LogP contribution is -2.29. The number of ether oxygens (including phenoxy) is 1. The summed E-state index contributed by atoms with van der Waals surface area (Å²) in [6.45, 7) is 1.19. The molecule has 0 spiro atoms. The van der Waals surface area contributed by atoms with Gasteiger partial charge in [-0.2, -0.15) is 0 Å². The average Bonchev–Trinajstić information content (AvgIpc) is 2.18. The molecule has 1 aromatic carbocycles. The number of Topliss-reactive ketones (excluding diaryl/α,β-unsaturated/α-hetero) is 1. The van der Waals surface area contributed by atoms with Crippen molar-refractivity contribution in [1.82, 2.24) is 5.32 Å². The minimum atomic E-state index is 0. The predicted molar refractivity (Wildman–Crippen MR) is 56.3 cm³/mol. The Morgan fingerprint density at radius 3 is 2.86 bits per heavy atom. The Morgan fingerprint density at radius 1 is 1.36 bits per heavy atom. The average molecular weight is 214 g/mol. The van der Waals surface area contributed by atoms with Crippen LogP contribution in [0.1, 0.15) is 15.9 Å². The molecule has 0 bridgehead atoms. The SMILES string of the molecule is COc1ccc2c(c1)CNCC2=O.Cl. The van der Waals surface area contributed by atoms with E-state index in [4.69, 9.17) is 4.74 Å². The Kier molecular flexibility index (Phi) is 3.49. The number of carbonyl (C=O) groups is 1. The van der Waals surface area contributed by atoms with Crippen molar-refractivity contribution >= 4 is 18.2 Å². The molecule has 1 N–H and O–H groups in total. The molecule has 2 rings (SSSR count). The molecule has 0 unspecified atom stereocenters. The first-order chi connectivity index (χ1) is 6.31. The first-order valence-corrected chi connectivity index (χ1v) is 4.22. The lowest BCUT2D eigenvalue weighted by atomic mass is 10.00. The summed E-state index contributed by atoms with van der Waals surface area (Å²) in [6.07, 6.45) is 0. The lowest BCUT2D eigenvalue weighted by Gasteiger charge is -2.16. The Morgan fingerprint density at radius 2 is 2.14 bits per heavy atom.